The zero-order valence-electron chi connectivity index (χ0n) is 11.3. The zero-order valence-corrected chi connectivity index (χ0v) is 11.3. The fraction of sp³-hybridized carbons (Fsp3) is 0.750. The molecule has 1 aliphatic carbocycles. The van der Waals surface area contributed by atoms with Crippen molar-refractivity contribution in [3.63, 3.8) is 0 Å². The second-order valence-corrected chi connectivity index (χ2v) is 5.34. The van der Waals surface area contributed by atoms with Crippen molar-refractivity contribution in [2.75, 3.05) is 18.5 Å². The highest BCUT2D eigenvalue weighted by atomic mass is 16.3. The molecule has 0 aromatic carbocycles. The Morgan fingerprint density at radius 3 is 2.53 bits per heavy atom. The largest absolute Gasteiger partial charge is 0.396 e. The topological polar surface area (TPSA) is 89.2 Å². The molecule has 0 radical (unpaired) electrons. The molecule has 7 nitrogen and oxygen atoms in total. The molecule has 0 atom stereocenters. The van der Waals surface area contributed by atoms with Gasteiger partial charge in [-0.05, 0) is 12.8 Å². The molecule has 1 heterocycles. The van der Waals surface area contributed by atoms with Crippen LogP contribution >= 0.6 is 0 Å². The van der Waals surface area contributed by atoms with Gasteiger partial charge in [-0.1, -0.05) is 12.8 Å². The van der Waals surface area contributed by atoms with Gasteiger partial charge >= 0.3 is 5.69 Å². The average molecular weight is 268 g/mol. The Morgan fingerprint density at radius 2 is 1.95 bits per heavy atom. The first-order valence-electron chi connectivity index (χ1n) is 6.48. The van der Waals surface area contributed by atoms with Crippen molar-refractivity contribution in [3.8, 4) is 0 Å². The molecule has 0 saturated heterocycles. The van der Waals surface area contributed by atoms with Crippen molar-refractivity contribution in [2.45, 2.75) is 25.7 Å². The molecule has 1 aromatic rings. The number of anilines is 1. The van der Waals surface area contributed by atoms with E-state index in [1.54, 1.807) is 0 Å². The van der Waals surface area contributed by atoms with E-state index in [1.165, 1.54) is 14.1 Å². The number of hydrogen-bond acceptors (Lipinski definition) is 5. The molecule has 2 N–H and O–H groups in total. The molecule has 0 amide bonds. The molecule has 1 fully saturated rings. The summed E-state index contributed by atoms with van der Waals surface area (Å²) in [5, 5.41) is 16.4. The number of hydrogen-bond donors (Lipinski definition) is 2. The smallest absolute Gasteiger partial charge is 0.346 e. The lowest BCUT2D eigenvalue weighted by Crippen LogP contribution is -2.41. The second kappa shape index (κ2) is 5.16. The summed E-state index contributed by atoms with van der Waals surface area (Å²) in [5.74, 6) is 0.157. The molecule has 106 valence electrons. The van der Waals surface area contributed by atoms with Crippen molar-refractivity contribution in [1.29, 1.82) is 0 Å². The summed E-state index contributed by atoms with van der Waals surface area (Å²) in [5.41, 5.74) is -1.05. The van der Waals surface area contributed by atoms with Gasteiger partial charge in [-0.2, -0.15) is 0 Å². The lowest BCUT2D eigenvalue weighted by molar-refractivity contribution is 0.142. The minimum Gasteiger partial charge on any atom is -0.396 e. The molecule has 2 rings (SSSR count). The van der Waals surface area contributed by atoms with Gasteiger partial charge in [0.2, 0.25) is 5.82 Å². The normalized spacial score (nSPS) is 17.6. The number of aryl methyl sites for hydroxylation is 1. The molecule has 7 heteroatoms. The van der Waals surface area contributed by atoms with E-state index in [9.17, 15) is 14.7 Å². The van der Waals surface area contributed by atoms with Crippen molar-refractivity contribution in [3.05, 3.63) is 20.8 Å². The number of rotatable bonds is 4. The first kappa shape index (κ1) is 13.8. The maximum absolute atomic E-state index is 11.9. The third-order valence-electron chi connectivity index (χ3n) is 3.95. The summed E-state index contributed by atoms with van der Waals surface area (Å²) in [7, 11) is 2.93. The Kier molecular flexibility index (Phi) is 3.75. The number of nitrogens with zero attached hydrogens (tertiary/aromatic N) is 3. The first-order chi connectivity index (χ1) is 8.99. The summed E-state index contributed by atoms with van der Waals surface area (Å²) in [6.07, 6.45) is 4.09. The van der Waals surface area contributed by atoms with Gasteiger partial charge in [0.05, 0.1) is 6.61 Å². The first-order valence-corrected chi connectivity index (χ1v) is 6.48. The molecule has 19 heavy (non-hydrogen) atoms. The summed E-state index contributed by atoms with van der Waals surface area (Å²) in [6, 6.07) is 0. The molecule has 0 bridgehead atoms. The summed E-state index contributed by atoms with van der Waals surface area (Å²) >= 11 is 0. The van der Waals surface area contributed by atoms with Gasteiger partial charge in [0.1, 0.15) is 0 Å². The van der Waals surface area contributed by atoms with E-state index in [1.807, 2.05) is 0 Å². The van der Waals surface area contributed by atoms with Gasteiger partial charge in [0, 0.05) is 26.1 Å². The monoisotopic (exact) mass is 268 g/mol. The van der Waals surface area contributed by atoms with Crippen LogP contribution in [0.5, 0.6) is 0 Å². The molecule has 0 unspecified atom stereocenters. The number of aromatic nitrogens is 3. The third-order valence-corrected chi connectivity index (χ3v) is 3.95. The molecule has 1 aliphatic rings. The average Bonchev–Trinajstić information content (AvgIpc) is 2.88. The Labute approximate surface area is 110 Å². The van der Waals surface area contributed by atoms with E-state index in [0.29, 0.717) is 6.54 Å². The van der Waals surface area contributed by atoms with Gasteiger partial charge in [-0.25, -0.2) is 9.48 Å². The number of nitrogens with one attached hydrogen (secondary N) is 1. The van der Waals surface area contributed by atoms with Crippen LogP contribution in [0.25, 0.3) is 0 Å². The van der Waals surface area contributed by atoms with Gasteiger partial charge in [-0.3, -0.25) is 9.36 Å². The fourth-order valence-corrected chi connectivity index (χ4v) is 2.60. The van der Waals surface area contributed by atoms with Crippen LogP contribution in [0.3, 0.4) is 0 Å². The second-order valence-electron chi connectivity index (χ2n) is 5.34. The Balaban J connectivity index is 2.21. The van der Waals surface area contributed by atoms with E-state index in [2.05, 4.69) is 10.4 Å². The van der Waals surface area contributed by atoms with Crippen molar-refractivity contribution in [2.24, 2.45) is 19.5 Å². The SMILES string of the molecule is Cn1nc(NCC2(CO)CCCC2)c(=O)n(C)c1=O. The highest BCUT2D eigenvalue weighted by Crippen LogP contribution is 2.37. The van der Waals surface area contributed by atoms with Crippen molar-refractivity contribution in [1.82, 2.24) is 14.3 Å². The lowest BCUT2D eigenvalue weighted by Gasteiger charge is -2.26. The number of aliphatic hydroxyl groups excluding tert-OH is 1. The van der Waals surface area contributed by atoms with Gasteiger partial charge in [-0.15, -0.1) is 5.10 Å². The van der Waals surface area contributed by atoms with Crippen LogP contribution < -0.4 is 16.6 Å². The van der Waals surface area contributed by atoms with E-state index in [4.69, 9.17) is 0 Å². The van der Waals surface area contributed by atoms with Crippen LogP contribution in [0, 0.1) is 5.41 Å². The predicted molar refractivity (Wildman–Crippen MR) is 71.2 cm³/mol. The maximum Gasteiger partial charge on any atom is 0.346 e. The highest BCUT2D eigenvalue weighted by Gasteiger charge is 2.33. The predicted octanol–water partition coefficient (Wildman–Crippen LogP) is -0.556. The molecule has 1 saturated carbocycles. The minimum absolute atomic E-state index is 0.103. The van der Waals surface area contributed by atoms with E-state index in [-0.39, 0.29) is 17.8 Å². The standard InChI is InChI=1S/C12H20N4O3/c1-15-10(18)9(14-16(2)11(15)19)13-7-12(8-17)5-3-4-6-12/h17H,3-8H2,1-2H3,(H,13,14). The summed E-state index contributed by atoms with van der Waals surface area (Å²) in [6.45, 7) is 0.607. The van der Waals surface area contributed by atoms with Crippen LogP contribution in [-0.4, -0.2) is 32.6 Å². The fourth-order valence-electron chi connectivity index (χ4n) is 2.60. The third kappa shape index (κ3) is 2.56. The molecule has 0 spiro atoms. The van der Waals surface area contributed by atoms with Crippen LogP contribution in [0.4, 0.5) is 5.82 Å². The minimum atomic E-state index is -0.451. The van der Waals surface area contributed by atoms with E-state index >= 15 is 0 Å². The van der Waals surface area contributed by atoms with Crippen molar-refractivity contribution >= 4 is 5.82 Å². The Hall–Kier alpha value is -1.63. The van der Waals surface area contributed by atoms with Gasteiger partial charge < -0.3 is 10.4 Å². The maximum atomic E-state index is 11.9. The quantitative estimate of drug-likeness (QED) is 0.764. The van der Waals surface area contributed by atoms with Crippen molar-refractivity contribution < 1.29 is 5.11 Å². The Morgan fingerprint density at radius 1 is 1.32 bits per heavy atom. The Bertz CT molecular complexity index is 569. The van der Waals surface area contributed by atoms with E-state index in [0.717, 1.165) is 34.9 Å². The summed E-state index contributed by atoms with van der Waals surface area (Å²) < 4.78 is 2.15. The van der Waals surface area contributed by atoms with E-state index < -0.39 is 11.2 Å². The van der Waals surface area contributed by atoms with Crippen LogP contribution in [0.15, 0.2) is 9.59 Å². The molecule has 1 aromatic heterocycles. The summed E-state index contributed by atoms with van der Waals surface area (Å²) in [4.78, 5) is 23.4. The zero-order chi connectivity index (χ0) is 14.0. The molecular formula is C12H20N4O3. The van der Waals surface area contributed by atoms with Gasteiger partial charge in [0.15, 0.2) is 0 Å². The molecular weight excluding hydrogens is 248 g/mol. The van der Waals surface area contributed by atoms with Crippen LogP contribution in [0.2, 0.25) is 0 Å². The lowest BCUT2D eigenvalue weighted by atomic mass is 9.87. The van der Waals surface area contributed by atoms with Gasteiger partial charge in [0.25, 0.3) is 5.56 Å². The highest BCUT2D eigenvalue weighted by molar-refractivity contribution is 5.30. The van der Waals surface area contributed by atoms with Crippen LogP contribution in [0.1, 0.15) is 25.7 Å². The van der Waals surface area contributed by atoms with Crippen LogP contribution in [-0.2, 0) is 14.1 Å². The molecule has 0 aliphatic heterocycles. The number of aliphatic hydroxyl groups is 1.